The molecular formula is C6H12N2V. The van der Waals surface area contributed by atoms with E-state index in [0.29, 0.717) is 11.8 Å². The topological polar surface area (TPSA) is 27.1 Å². The molecule has 9 heavy (non-hydrogen) atoms. The second-order valence-electron chi connectivity index (χ2n) is 2.27. The summed E-state index contributed by atoms with van der Waals surface area (Å²) in [6.07, 6.45) is 0. The van der Waals surface area contributed by atoms with Crippen LogP contribution < -0.4 is 0 Å². The first kappa shape index (κ1) is 8.92. The van der Waals surface area contributed by atoms with Gasteiger partial charge in [-0.15, -0.1) is 0 Å². The van der Waals surface area contributed by atoms with Gasteiger partial charge in [0.1, 0.15) is 0 Å². The van der Waals surface area contributed by atoms with Gasteiger partial charge in [0.2, 0.25) is 0 Å². The van der Waals surface area contributed by atoms with Gasteiger partial charge in [0, 0.05) is 0 Å². The summed E-state index contributed by atoms with van der Waals surface area (Å²) in [5, 5.41) is 7.43. The van der Waals surface area contributed by atoms with Gasteiger partial charge in [0.25, 0.3) is 0 Å². The van der Waals surface area contributed by atoms with E-state index in [1.807, 2.05) is 25.7 Å². The summed E-state index contributed by atoms with van der Waals surface area (Å²) in [5.41, 5.74) is 0. The molecule has 0 aliphatic carbocycles. The molecule has 0 bridgehead atoms. The maximum atomic E-state index is 7.43. The summed E-state index contributed by atoms with van der Waals surface area (Å²) in [5.74, 6) is 0.964. The molecule has 1 N–H and O–H groups in total. The van der Waals surface area contributed by atoms with Crippen molar-refractivity contribution in [1.82, 2.24) is 4.90 Å². The fraction of sp³-hybridized carbons (Fsp3) is 0.667. The molecule has 0 aromatic carbocycles. The van der Waals surface area contributed by atoms with Crippen molar-refractivity contribution in [3.8, 4) is 0 Å². The van der Waals surface area contributed by atoms with E-state index in [1.165, 1.54) is 0 Å². The molecule has 0 saturated heterocycles. The van der Waals surface area contributed by atoms with Crippen molar-refractivity contribution < 1.29 is 17.0 Å². The van der Waals surface area contributed by atoms with E-state index in [9.17, 15) is 0 Å². The Morgan fingerprint density at radius 2 is 2.11 bits per heavy atom. The molecule has 0 aliphatic rings. The maximum absolute atomic E-state index is 7.43. The predicted molar refractivity (Wildman–Crippen MR) is 36.4 cm³/mol. The molecule has 0 saturated carbocycles. The molecule has 0 spiro atoms. The summed E-state index contributed by atoms with van der Waals surface area (Å²) in [4.78, 5) is 3.62. The third-order valence-electron chi connectivity index (χ3n) is 1.10. The van der Waals surface area contributed by atoms with Gasteiger partial charge in [0.05, 0.1) is 0 Å². The third kappa shape index (κ3) is 2.82. The Morgan fingerprint density at radius 1 is 1.67 bits per heavy atom. The van der Waals surface area contributed by atoms with Crippen LogP contribution in [0.1, 0.15) is 13.8 Å². The Balaban J connectivity index is 3.87. The van der Waals surface area contributed by atoms with Crippen molar-refractivity contribution in [2.45, 2.75) is 13.8 Å². The van der Waals surface area contributed by atoms with Crippen molar-refractivity contribution in [2.24, 2.45) is 5.92 Å². The Bertz CT molecular complexity index is 120. The fourth-order valence-corrected chi connectivity index (χ4v) is 0.664. The van der Waals surface area contributed by atoms with Crippen LogP contribution in [0.15, 0.2) is 0 Å². The van der Waals surface area contributed by atoms with E-state index in [1.54, 1.807) is 4.90 Å². The van der Waals surface area contributed by atoms with Crippen molar-refractivity contribution in [1.29, 1.82) is 5.41 Å². The van der Waals surface area contributed by atoms with Gasteiger partial charge < -0.3 is 0 Å². The van der Waals surface area contributed by atoms with E-state index in [4.69, 9.17) is 5.41 Å². The molecule has 0 aromatic rings. The van der Waals surface area contributed by atoms with Crippen LogP contribution in [0.25, 0.3) is 0 Å². The van der Waals surface area contributed by atoms with E-state index >= 15 is 0 Å². The SMILES string of the molecule is CC(C)C(=N)N(C)[CH]=[V]. The molecule has 0 unspecified atom stereocenters. The van der Waals surface area contributed by atoms with Crippen molar-refractivity contribution in [2.75, 3.05) is 7.05 Å². The first-order valence-electron chi connectivity index (χ1n) is 2.88. The summed E-state index contributed by atoms with van der Waals surface area (Å²) in [7, 11) is 1.88. The average molecular weight is 163 g/mol. The van der Waals surface area contributed by atoms with E-state index in [2.05, 4.69) is 17.0 Å². The predicted octanol–water partition coefficient (Wildman–Crippen LogP) is 0.858. The first-order chi connectivity index (χ1) is 4.09. The Hall–Kier alpha value is -0.0756. The summed E-state index contributed by atoms with van der Waals surface area (Å²) in [6.45, 7) is 4.02. The zero-order valence-corrected chi connectivity index (χ0v) is 7.45. The second-order valence-corrected chi connectivity index (χ2v) is 2.63. The quantitative estimate of drug-likeness (QED) is 0.474. The molecule has 2 nitrogen and oxygen atoms in total. The van der Waals surface area contributed by atoms with Crippen molar-refractivity contribution in [3.05, 3.63) is 0 Å². The van der Waals surface area contributed by atoms with E-state index in [-0.39, 0.29) is 0 Å². The van der Waals surface area contributed by atoms with Crippen LogP contribution in [-0.4, -0.2) is 22.6 Å². The van der Waals surface area contributed by atoms with Crippen LogP contribution in [0, 0.1) is 11.3 Å². The van der Waals surface area contributed by atoms with Gasteiger partial charge in [-0.25, -0.2) is 0 Å². The number of amidine groups is 1. The number of rotatable bonds is 2. The molecule has 3 heteroatoms. The molecule has 0 radical (unpaired) electrons. The van der Waals surface area contributed by atoms with Crippen LogP contribution in [-0.2, 0) is 17.0 Å². The summed E-state index contributed by atoms with van der Waals surface area (Å²) in [6, 6.07) is 0. The number of nitrogens with one attached hydrogen (secondary N) is 1. The molecule has 0 aromatic heterocycles. The van der Waals surface area contributed by atoms with Crippen molar-refractivity contribution >= 4 is 10.7 Å². The number of hydrogen-bond donors (Lipinski definition) is 1. The molecule has 0 aliphatic heterocycles. The summed E-state index contributed by atoms with van der Waals surface area (Å²) < 4.78 is 0. The van der Waals surface area contributed by atoms with Gasteiger partial charge in [0.15, 0.2) is 0 Å². The molecule has 0 atom stereocenters. The van der Waals surface area contributed by atoms with Crippen molar-refractivity contribution in [3.63, 3.8) is 0 Å². The van der Waals surface area contributed by atoms with Crippen LogP contribution in [0.2, 0.25) is 0 Å². The summed E-state index contributed by atoms with van der Waals surface area (Å²) >= 11 is 2.33. The van der Waals surface area contributed by atoms with Gasteiger partial charge in [-0.2, -0.15) is 0 Å². The normalized spacial score (nSPS) is 9.22. The molecule has 51 valence electrons. The number of hydrogen-bond acceptors (Lipinski definition) is 1. The Labute approximate surface area is 65.2 Å². The van der Waals surface area contributed by atoms with E-state index < -0.39 is 0 Å². The van der Waals surface area contributed by atoms with Gasteiger partial charge in [-0.05, 0) is 0 Å². The van der Waals surface area contributed by atoms with Crippen LogP contribution in [0.5, 0.6) is 0 Å². The minimum atomic E-state index is 0.315. The fourth-order valence-electron chi connectivity index (χ4n) is 0.469. The standard InChI is InChI=1S/C6H12N2.V/c1-5(2)6(7)8(3)4;/h3,5,7H,1-2,4H3;. The van der Waals surface area contributed by atoms with Crippen LogP contribution >= 0.6 is 0 Å². The third-order valence-corrected chi connectivity index (χ3v) is 1.64. The first-order valence-corrected chi connectivity index (χ1v) is 3.69. The van der Waals surface area contributed by atoms with Gasteiger partial charge >= 0.3 is 64.8 Å². The Kier molecular flexibility index (Phi) is 3.83. The molecule has 0 fully saturated rings. The van der Waals surface area contributed by atoms with Gasteiger partial charge in [-0.3, -0.25) is 0 Å². The molecule has 0 heterocycles. The molecule has 0 amide bonds. The molecule has 0 rings (SSSR count). The second kappa shape index (κ2) is 3.86. The van der Waals surface area contributed by atoms with Crippen LogP contribution in [0.4, 0.5) is 0 Å². The van der Waals surface area contributed by atoms with Gasteiger partial charge in [-0.1, -0.05) is 0 Å². The molecular weight excluding hydrogens is 151 g/mol. The Morgan fingerprint density at radius 3 is 2.22 bits per heavy atom. The zero-order chi connectivity index (χ0) is 7.44. The van der Waals surface area contributed by atoms with Crippen LogP contribution in [0.3, 0.4) is 0 Å². The zero-order valence-electron chi connectivity index (χ0n) is 6.05. The monoisotopic (exact) mass is 163 g/mol. The minimum absolute atomic E-state index is 0.315. The van der Waals surface area contributed by atoms with E-state index in [0.717, 1.165) is 0 Å². The number of nitrogens with zero attached hydrogens (tertiary/aromatic N) is 1. The average Bonchev–Trinajstić information content (AvgIpc) is 1.84.